The minimum absolute atomic E-state index is 0.0314. The third-order valence-corrected chi connectivity index (χ3v) is 12.7. The largest absolute Gasteiger partial charge is 0.404 e. The Morgan fingerprint density at radius 1 is 0.941 bits per heavy atom. The first-order valence-electron chi connectivity index (χ1n) is 12.7. The van der Waals surface area contributed by atoms with Crippen molar-refractivity contribution in [3.8, 4) is 6.07 Å². The van der Waals surface area contributed by atoms with Gasteiger partial charge in [-0.2, -0.15) is 5.26 Å². The van der Waals surface area contributed by atoms with Crippen LogP contribution in [0.15, 0.2) is 60.7 Å². The molecule has 5 atom stereocenters. The number of nitriles is 1. The molecule has 184 valence electrons. The van der Waals surface area contributed by atoms with Crippen molar-refractivity contribution in [1.82, 2.24) is 0 Å². The van der Waals surface area contributed by atoms with Crippen molar-refractivity contribution in [2.24, 2.45) is 11.8 Å². The molecule has 4 nitrogen and oxygen atoms in total. The Morgan fingerprint density at radius 3 is 1.97 bits per heavy atom. The zero-order valence-electron chi connectivity index (χ0n) is 21.2. The SMILES string of the molecule is CC1CCC([C@H](O)[C@H](O)CCC#N)CCC1O[Si](c1ccccc1)(c1ccccc1)C(C)(C)C. The monoisotopic (exact) mass is 479 g/mol. The van der Waals surface area contributed by atoms with Crippen LogP contribution in [0.1, 0.15) is 66.2 Å². The number of hydrogen-bond donors (Lipinski definition) is 2. The first-order chi connectivity index (χ1) is 16.2. The van der Waals surface area contributed by atoms with Gasteiger partial charge in [-0.05, 0) is 59.4 Å². The van der Waals surface area contributed by atoms with Crippen LogP contribution in [0, 0.1) is 23.2 Å². The maximum Gasteiger partial charge on any atom is 0.261 e. The Labute approximate surface area is 206 Å². The number of nitrogens with zero attached hydrogens (tertiary/aromatic N) is 1. The summed E-state index contributed by atoms with van der Waals surface area (Å²) in [5.74, 6) is 0.388. The average Bonchev–Trinajstić information content (AvgIpc) is 3.02. The second-order valence-electron chi connectivity index (χ2n) is 11.0. The topological polar surface area (TPSA) is 73.5 Å². The normalized spacial score (nSPS) is 23.5. The first kappa shape index (κ1) is 26.6. The zero-order valence-corrected chi connectivity index (χ0v) is 22.2. The smallest absolute Gasteiger partial charge is 0.261 e. The van der Waals surface area contributed by atoms with Crippen LogP contribution in [0.5, 0.6) is 0 Å². The molecule has 3 unspecified atom stereocenters. The Balaban J connectivity index is 1.92. The van der Waals surface area contributed by atoms with Gasteiger partial charge < -0.3 is 14.6 Å². The van der Waals surface area contributed by atoms with Crippen molar-refractivity contribution in [2.75, 3.05) is 0 Å². The molecule has 0 aliphatic heterocycles. The molecule has 0 radical (unpaired) electrons. The maximum atomic E-state index is 10.8. The van der Waals surface area contributed by atoms with E-state index < -0.39 is 20.5 Å². The molecule has 2 aromatic carbocycles. The third-order valence-electron chi connectivity index (χ3n) is 7.62. The highest BCUT2D eigenvalue weighted by atomic mass is 28.4. The average molecular weight is 480 g/mol. The molecule has 1 aliphatic rings. The maximum absolute atomic E-state index is 10.8. The van der Waals surface area contributed by atoms with Gasteiger partial charge in [-0.1, -0.05) is 88.4 Å². The predicted molar refractivity (Wildman–Crippen MR) is 140 cm³/mol. The van der Waals surface area contributed by atoms with Crippen molar-refractivity contribution in [1.29, 1.82) is 5.26 Å². The predicted octanol–water partition coefficient (Wildman–Crippen LogP) is 4.78. The summed E-state index contributed by atoms with van der Waals surface area (Å²) in [6.45, 7) is 9.18. The van der Waals surface area contributed by atoms with Gasteiger partial charge in [0.25, 0.3) is 8.32 Å². The second-order valence-corrected chi connectivity index (χ2v) is 15.2. The standard InChI is InChI=1S/C29H41NO3Si/c1-22-17-18-23(28(32)26(31)16-11-21-30)19-20-27(22)33-34(29(2,3)4,24-12-7-5-8-13-24)25-14-9-6-10-15-25/h5-10,12-15,22-23,26-28,31-32H,11,16-20H2,1-4H3/t22?,23?,26-,27?,28+/m1/s1. The summed E-state index contributed by atoms with van der Waals surface area (Å²) in [4.78, 5) is 0. The van der Waals surface area contributed by atoms with E-state index in [4.69, 9.17) is 9.69 Å². The summed E-state index contributed by atoms with van der Waals surface area (Å²) >= 11 is 0. The highest BCUT2D eigenvalue weighted by molar-refractivity contribution is 6.99. The van der Waals surface area contributed by atoms with Crippen molar-refractivity contribution in [3.63, 3.8) is 0 Å². The fourth-order valence-electron chi connectivity index (χ4n) is 5.60. The van der Waals surface area contributed by atoms with Crippen LogP contribution >= 0.6 is 0 Å². The fraction of sp³-hybridized carbons (Fsp3) is 0.552. The van der Waals surface area contributed by atoms with Gasteiger partial charge in [0.05, 0.1) is 18.3 Å². The lowest BCUT2D eigenvalue weighted by molar-refractivity contribution is -0.0249. The highest BCUT2D eigenvalue weighted by Crippen LogP contribution is 2.41. The van der Waals surface area contributed by atoms with E-state index in [0.717, 1.165) is 25.7 Å². The van der Waals surface area contributed by atoms with E-state index in [1.807, 2.05) is 0 Å². The van der Waals surface area contributed by atoms with Crippen LogP contribution in [0.3, 0.4) is 0 Å². The molecule has 1 fully saturated rings. The van der Waals surface area contributed by atoms with Gasteiger partial charge in [-0.3, -0.25) is 0 Å². The minimum atomic E-state index is -2.64. The van der Waals surface area contributed by atoms with Crippen LogP contribution in [-0.2, 0) is 4.43 Å². The summed E-state index contributed by atoms with van der Waals surface area (Å²) < 4.78 is 7.41. The van der Waals surface area contributed by atoms with E-state index in [1.54, 1.807) is 0 Å². The van der Waals surface area contributed by atoms with E-state index in [-0.39, 0.29) is 23.5 Å². The molecule has 2 N–H and O–H groups in total. The number of aliphatic hydroxyl groups excluding tert-OH is 2. The molecule has 5 heteroatoms. The van der Waals surface area contributed by atoms with Gasteiger partial charge in [0, 0.05) is 12.5 Å². The van der Waals surface area contributed by atoms with Gasteiger partial charge in [0.1, 0.15) is 0 Å². The molecule has 0 bridgehead atoms. The van der Waals surface area contributed by atoms with Crippen molar-refractivity contribution >= 4 is 18.7 Å². The summed E-state index contributed by atoms with van der Waals surface area (Å²) in [5.41, 5.74) is 0. The summed E-state index contributed by atoms with van der Waals surface area (Å²) in [7, 11) is -2.64. The number of benzene rings is 2. The van der Waals surface area contributed by atoms with Gasteiger partial charge in [0.15, 0.2) is 0 Å². The van der Waals surface area contributed by atoms with Crippen molar-refractivity contribution < 1.29 is 14.6 Å². The molecule has 0 saturated heterocycles. The number of hydrogen-bond acceptors (Lipinski definition) is 4. The summed E-state index contributed by atoms with van der Waals surface area (Å²) in [6, 6.07) is 23.5. The van der Waals surface area contributed by atoms with Crippen LogP contribution in [0.25, 0.3) is 0 Å². The summed E-state index contributed by atoms with van der Waals surface area (Å²) in [5, 5.41) is 32.5. The molecular weight excluding hydrogens is 438 g/mol. The van der Waals surface area contributed by atoms with Gasteiger partial charge in [-0.25, -0.2) is 0 Å². The van der Waals surface area contributed by atoms with Crippen LogP contribution in [0.4, 0.5) is 0 Å². The van der Waals surface area contributed by atoms with Gasteiger partial charge in [-0.15, -0.1) is 0 Å². The van der Waals surface area contributed by atoms with Crippen LogP contribution < -0.4 is 10.4 Å². The lowest BCUT2D eigenvalue weighted by Crippen LogP contribution is -2.68. The molecule has 0 amide bonds. The highest BCUT2D eigenvalue weighted by Gasteiger charge is 2.52. The molecule has 1 aliphatic carbocycles. The Kier molecular flexibility index (Phi) is 9.12. The molecule has 0 aromatic heterocycles. The Hall–Kier alpha value is -1.97. The lowest BCUT2D eigenvalue weighted by Gasteiger charge is -2.46. The van der Waals surface area contributed by atoms with E-state index >= 15 is 0 Å². The second kappa shape index (κ2) is 11.6. The fourth-order valence-corrected chi connectivity index (χ4v) is 10.4. The third kappa shape index (κ3) is 5.80. The zero-order chi connectivity index (χ0) is 24.8. The molecular formula is C29H41NO3Si. The summed E-state index contributed by atoms with van der Waals surface area (Å²) in [6.07, 6.45) is 2.55. The van der Waals surface area contributed by atoms with Crippen molar-refractivity contribution in [2.45, 2.75) is 89.6 Å². The van der Waals surface area contributed by atoms with E-state index in [1.165, 1.54) is 10.4 Å². The molecule has 2 aromatic rings. The van der Waals surface area contributed by atoms with Gasteiger partial charge >= 0.3 is 0 Å². The van der Waals surface area contributed by atoms with Crippen LogP contribution in [0.2, 0.25) is 5.04 Å². The quantitative estimate of drug-likeness (QED) is 0.422. The first-order valence-corrected chi connectivity index (χ1v) is 14.6. The molecule has 1 saturated carbocycles. The van der Waals surface area contributed by atoms with E-state index in [9.17, 15) is 10.2 Å². The number of aliphatic hydroxyl groups is 2. The van der Waals surface area contributed by atoms with Crippen LogP contribution in [-0.4, -0.2) is 36.8 Å². The van der Waals surface area contributed by atoms with E-state index in [0.29, 0.717) is 12.3 Å². The molecule has 0 heterocycles. The molecule has 3 rings (SSSR count). The molecule has 34 heavy (non-hydrogen) atoms. The Bertz CT molecular complexity index is 882. The molecule has 0 spiro atoms. The lowest BCUT2D eigenvalue weighted by atomic mass is 9.89. The number of rotatable bonds is 8. The van der Waals surface area contributed by atoms with Crippen molar-refractivity contribution in [3.05, 3.63) is 60.7 Å². The minimum Gasteiger partial charge on any atom is -0.404 e. The van der Waals surface area contributed by atoms with E-state index in [2.05, 4.69) is 94.4 Å². The van der Waals surface area contributed by atoms with Gasteiger partial charge in [0.2, 0.25) is 0 Å². The Morgan fingerprint density at radius 2 is 1.47 bits per heavy atom.